The number of piperidine rings is 1. The molecule has 0 aliphatic carbocycles. The Balaban J connectivity index is 1.61. The van der Waals surface area contributed by atoms with Gasteiger partial charge in [0.05, 0.1) is 0 Å². The van der Waals surface area contributed by atoms with Crippen LogP contribution in [-0.2, 0) is 5.41 Å². The third-order valence-electron chi connectivity index (χ3n) is 5.22. The van der Waals surface area contributed by atoms with Crippen LogP contribution < -0.4 is 5.32 Å². The van der Waals surface area contributed by atoms with E-state index in [0.29, 0.717) is 5.41 Å². The molecule has 2 saturated heterocycles. The molecular formula is C18H28N2. The highest BCUT2D eigenvalue weighted by atomic mass is 15.2. The summed E-state index contributed by atoms with van der Waals surface area (Å²) >= 11 is 0. The number of hydrogen-bond donors (Lipinski definition) is 1. The summed E-state index contributed by atoms with van der Waals surface area (Å²) in [7, 11) is 0. The lowest BCUT2D eigenvalue weighted by atomic mass is 9.81. The molecule has 0 spiro atoms. The molecule has 2 fully saturated rings. The summed E-state index contributed by atoms with van der Waals surface area (Å²) in [5.41, 5.74) is 3.24. The first-order chi connectivity index (χ1) is 9.66. The predicted octanol–water partition coefficient (Wildman–Crippen LogP) is 2.96. The Hall–Kier alpha value is -0.860. The number of aryl methyl sites for hydroxylation is 1. The molecule has 20 heavy (non-hydrogen) atoms. The smallest absolute Gasteiger partial charge is 0.00766 e. The van der Waals surface area contributed by atoms with Crippen LogP contribution in [-0.4, -0.2) is 37.6 Å². The summed E-state index contributed by atoms with van der Waals surface area (Å²) < 4.78 is 0. The van der Waals surface area contributed by atoms with Gasteiger partial charge in [-0.05, 0) is 57.3 Å². The molecule has 1 N–H and O–H groups in total. The van der Waals surface area contributed by atoms with Crippen molar-refractivity contribution < 1.29 is 0 Å². The minimum atomic E-state index is 0.357. The average molecular weight is 272 g/mol. The molecular weight excluding hydrogens is 244 g/mol. The zero-order valence-corrected chi connectivity index (χ0v) is 13.0. The molecule has 2 aliphatic rings. The van der Waals surface area contributed by atoms with E-state index in [1.807, 2.05) is 0 Å². The second-order valence-corrected chi connectivity index (χ2v) is 7.12. The molecule has 0 saturated carbocycles. The lowest BCUT2D eigenvalue weighted by Gasteiger charge is -2.29. The van der Waals surface area contributed by atoms with Gasteiger partial charge in [0.25, 0.3) is 0 Å². The van der Waals surface area contributed by atoms with Crippen LogP contribution in [0.2, 0.25) is 0 Å². The molecule has 0 radical (unpaired) electrons. The van der Waals surface area contributed by atoms with Crippen LogP contribution in [0.5, 0.6) is 0 Å². The van der Waals surface area contributed by atoms with Gasteiger partial charge in [-0.1, -0.05) is 36.8 Å². The van der Waals surface area contributed by atoms with E-state index in [-0.39, 0.29) is 0 Å². The highest BCUT2D eigenvalue weighted by molar-refractivity contribution is 5.29. The molecule has 0 aromatic heterocycles. The Morgan fingerprint density at radius 2 is 2.10 bits per heavy atom. The lowest BCUT2D eigenvalue weighted by molar-refractivity contribution is 0.234. The summed E-state index contributed by atoms with van der Waals surface area (Å²) in [6.07, 6.45) is 4.06. The van der Waals surface area contributed by atoms with Gasteiger partial charge in [-0.15, -0.1) is 0 Å². The van der Waals surface area contributed by atoms with Crippen LogP contribution in [0, 0.1) is 12.8 Å². The van der Waals surface area contributed by atoms with Crippen molar-refractivity contribution in [2.45, 2.75) is 38.5 Å². The maximum Gasteiger partial charge on any atom is 0.00766 e. The minimum absolute atomic E-state index is 0.357. The normalized spacial score (nSPS) is 31.6. The van der Waals surface area contributed by atoms with E-state index in [0.717, 1.165) is 5.92 Å². The summed E-state index contributed by atoms with van der Waals surface area (Å²) in [4.78, 5) is 2.69. The molecule has 2 heteroatoms. The zero-order chi connectivity index (χ0) is 14.0. The van der Waals surface area contributed by atoms with Gasteiger partial charge in [0.1, 0.15) is 0 Å². The second kappa shape index (κ2) is 5.87. The van der Waals surface area contributed by atoms with E-state index in [1.54, 1.807) is 0 Å². The van der Waals surface area contributed by atoms with Crippen LogP contribution in [0.4, 0.5) is 0 Å². The van der Waals surface area contributed by atoms with Crippen molar-refractivity contribution in [2.24, 2.45) is 5.92 Å². The van der Waals surface area contributed by atoms with Gasteiger partial charge >= 0.3 is 0 Å². The van der Waals surface area contributed by atoms with Gasteiger partial charge in [0.2, 0.25) is 0 Å². The van der Waals surface area contributed by atoms with Gasteiger partial charge in [0.15, 0.2) is 0 Å². The fraction of sp³-hybridized carbons (Fsp3) is 0.667. The van der Waals surface area contributed by atoms with E-state index in [4.69, 9.17) is 0 Å². The monoisotopic (exact) mass is 272 g/mol. The van der Waals surface area contributed by atoms with Crippen molar-refractivity contribution in [3.8, 4) is 0 Å². The summed E-state index contributed by atoms with van der Waals surface area (Å²) in [5.74, 6) is 0.865. The number of nitrogens with one attached hydrogen (secondary N) is 1. The summed E-state index contributed by atoms with van der Waals surface area (Å²) in [6, 6.07) is 9.19. The van der Waals surface area contributed by atoms with Crippen molar-refractivity contribution >= 4 is 0 Å². The first-order valence-electron chi connectivity index (χ1n) is 8.16. The number of nitrogens with zero attached hydrogens (tertiary/aromatic N) is 1. The highest BCUT2D eigenvalue weighted by Gasteiger charge is 2.35. The number of benzene rings is 1. The quantitative estimate of drug-likeness (QED) is 0.910. The standard InChI is InChI=1S/C18H28N2/c1-15-5-7-17(8-6-15)18(2)9-11-20(14-18)13-16-4-3-10-19-12-16/h5-8,16,19H,3-4,9-14H2,1-2H3. The third kappa shape index (κ3) is 3.07. The second-order valence-electron chi connectivity index (χ2n) is 7.12. The number of rotatable bonds is 3. The van der Waals surface area contributed by atoms with Crippen LogP contribution in [0.15, 0.2) is 24.3 Å². The molecule has 2 unspecified atom stereocenters. The molecule has 1 aromatic rings. The molecule has 2 aliphatic heterocycles. The van der Waals surface area contributed by atoms with Gasteiger partial charge < -0.3 is 10.2 Å². The Morgan fingerprint density at radius 1 is 1.30 bits per heavy atom. The van der Waals surface area contributed by atoms with Gasteiger partial charge in [-0.3, -0.25) is 0 Å². The fourth-order valence-electron chi connectivity index (χ4n) is 3.85. The fourth-order valence-corrected chi connectivity index (χ4v) is 3.85. The van der Waals surface area contributed by atoms with Gasteiger partial charge in [-0.25, -0.2) is 0 Å². The van der Waals surface area contributed by atoms with E-state index in [1.165, 1.54) is 63.1 Å². The molecule has 3 rings (SSSR count). The molecule has 2 atom stereocenters. The highest BCUT2D eigenvalue weighted by Crippen LogP contribution is 2.34. The van der Waals surface area contributed by atoms with E-state index in [9.17, 15) is 0 Å². The zero-order valence-electron chi connectivity index (χ0n) is 13.0. The average Bonchev–Trinajstić information content (AvgIpc) is 2.83. The lowest BCUT2D eigenvalue weighted by Crippen LogP contribution is -2.38. The van der Waals surface area contributed by atoms with Crippen molar-refractivity contribution in [1.82, 2.24) is 10.2 Å². The topological polar surface area (TPSA) is 15.3 Å². The maximum absolute atomic E-state index is 3.54. The Kier molecular flexibility index (Phi) is 4.13. The SMILES string of the molecule is Cc1ccc(C2(C)CCN(CC3CCCNC3)C2)cc1. The van der Waals surface area contributed by atoms with E-state index < -0.39 is 0 Å². The first-order valence-corrected chi connectivity index (χ1v) is 8.16. The Labute approximate surface area is 123 Å². The molecule has 2 heterocycles. The van der Waals surface area contributed by atoms with Crippen molar-refractivity contribution in [1.29, 1.82) is 0 Å². The van der Waals surface area contributed by atoms with Crippen LogP contribution in [0.1, 0.15) is 37.3 Å². The van der Waals surface area contributed by atoms with Crippen LogP contribution >= 0.6 is 0 Å². The van der Waals surface area contributed by atoms with Crippen LogP contribution in [0.25, 0.3) is 0 Å². The van der Waals surface area contributed by atoms with E-state index >= 15 is 0 Å². The van der Waals surface area contributed by atoms with Gasteiger partial charge in [-0.2, -0.15) is 0 Å². The van der Waals surface area contributed by atoms with Crippen LogP contribution in [0.3, 0.4) is 0 Å². The molecule has 2 nitrogen and oxygen atoms in total. The minimum Gasteiger partial charge on any atom is -0.316 e. The number of likely N-dealkylation sites (tertiary alicyclic amines) is 1. The van der Waals surface area contributed by atoms with E-state index in [2.05, 4.69) is 48.3 Å². The Bertz CT molecular complexity index is 433. The van der Waals surface area contributed by atoms with Gasteiger partial charge in [0, 0.05) is 18.5 Å². The van der Waals surface area contributed by atoms with Crippen molar-refractivity contribution in [3.63, 3.8) is 0 Å². The third-order valence-corrected chi connectivity index (χ3v) is 5.22. The Morgan fingerprint density at radius 3 is 2.80 bits per heavy atom. The number of hydrogen-bond acceptors (Lipinski definition) is 2. The molecule has 0 amide bonds. The molecule has 110 valence electrons. The van der Waals surface area contributed by atoms with Crippen molar-refractivity contribution in [3.05, 3.63) is 35.4 Å². The first kappa shape index (κ1) is 14.1. The molecule has 1 aromatic carbocycles. The summed E-state index contributed by atoms with van der Waals surface area (Å²) in [6.45, 7) is 10.8. The van der Waals surface area contributed by atoms with Crippen molar-refractivity contribution in [2.75, 3.05) is 32.7 Å². The maximum atomic E-state index is 3.54. The summed E-state index contributed by atoms with van der Waals surface area (Å²) in [5, 5.41) is 3.54. The largest absolute Gasteiger partial charge is 0.316 e. The predicted molar refractivity (Wildman–Crippen MR) is 85.2 cm³/mol. The molecule has 0 bridgehead atoms.